The largest absolute Gasteiger partial charge is 0.467 e. The quantitative estimate of drug-likeness (QED) is 0.776. The van der Waals surface area contributed by atoms with Crippen LogP contribution in [0.3, 0.4) is 0 Å². The SMILES string of the molecule is COC(=O)C(NC(=O)c1ccn(C2CCCNC2)n1)c1ccccc1.Cl. The van der Waals surface area contributed by atoms with E-state index >= 15 is 0 Å². The van der Waals surface area contributed by atoms with Crippen molar-refractivity contribution in [1.29, 1.82) is 0 Å². The van der Waals surface area contributed by atoms with Gasteiger partial charge in [0.05, 0.1) is 13.2 Å². The zero-order valence-corrected chi connectivity index (χ0v) is 15.4. The van der Waals surface area contributed by atoms with Crippen LogP contribution in [-0.4, -0.2) is 41.9 Å². The first-order chi connectivity index (χ1) is 12.2. The number of esters is 1. The average Bonchev–Trinajstić information content (AvgIpc) is 3.17. The Morgan fingerprint density at radius 3 is 2.73 bits per heavy atom. The molecule has 140 valence electrons. The maximum Gasteiger partial charge on any atom is 0.333 e. The predicted octanol–water partition coefficient (Wildman–Crippen LogP) is 1.87. The van der Waals surface area contributed by atoms with E-state index < -0.39 is 17.9 Å². The summed E-state index contributed by atoms with van der Waals surface area (Å²) in [5.41, 5.74) is 0.953. The Morgan fingerprint density at radius 1 is 1.31 bits per heavy atom. The first-order valence-electron chi connectivity index (χ1n) is 8.38. The van der Waals surface area contributed by atoms with Gasteiger partial charge in [-0.3, -0.25) is 9.48 Å². The molecule has 1 aromatic carbocycles. The number of hydrogen-bond donors (Lipinski definition) is 2. The van der Waals surface area contributed by atoms with E-state index in [1.54, 1.807) is 18.2 Å². The molecule has 8 heteroatoms. The van der Waals surface area contributed by atoms with E-state index in [2.05, 4.69) is 15.7 Å². The smallest absolute Gasteiger partial charge is 0.333 e. The molecule has 0 saturated carbocycles. The number of methoxy groups -OCH3 is 1. The van der Waals surface area contributed by atoms with E-state index in [4.69, 9.17) is 4.74 Å². The Bertz CT molecular complexity index is 729. The summed E-state index contributed by atoms with van der Waals surface area (Å²) in [6.07, 6.45) is 3.93. The van der Waals surface area contributed by atoms with Gasteiger partial charge in [-0.15, -0.1) is 12.4 Å². The van der Waals surface area contributed by atoms with Gasteiger partial charge in [0.2, 0.25) is 0 Å². The van der Waals surface area contributed by atoms with Crippen molar-refractivity contribution in [1.82, 2.24) is 20.4 Å². The number of piperidine rings is 1. The van der Waals surface area contributed by atoms with Crippen molar-refractivity contribution in [2.75, 3.05) is 20.2 Å². The number of carbonyl (C=O) groups is 2. The molecule has 1 aromatic heterocycles. The lowest BCUT2D eigenvalue weighted by atomic mass is 10.1. The van der Waals surface area contributed by atoms with Gasteiger partial charge in [0, 0.05) is 12.7 Å². The van der Waals surface area contributed by atoms with Crippen molar-refractivity contribution in [2.24, 2.45) is 0 Å². The number of halogens is 1. The van der Waals surface area contributed by atoms with Crippen molar-refractivity contribution in [3.8, 4) is 0 Å². The Hall–Kier alpha value is -2.38. The number of ether oxygens (including phenoxy) is 1. The van der Waals surface area contributed by atoms with Gasteiger partial charge < -0.3 is 15.4 Å². The normalized spacial score (nSPS) is 17.7. The fraction of sp³-hybridized carbons (Fsp3) is 0.389. The van der Waals surface area contributed by atoms with Crippen LogP contribution in [0.15, 0.2) is 42.6 Å². The topological polar surface area (TPSA) is 85.2 Å². The van der Waals surface area contributed by atoms with E-state index in [1.165, 1.54) is 7.11 Å². The number of hydrogen-bond acceptors (Lipinski definition) is 5. The minimum absolute atomic E-state index is 0. The molecule has 7 nitrogen and oxygen atoms in total. The Morgan fingerprint density at radius 2 is 2.08 bits per heavy atom. The number of benzene rings is 1. The Balaban J connectivity index is 0.00000243. The molecule has 2 heterocycles. The van der Waals surface area contributed by atoms with E-state index in [0.29, 0.717) is 5.56 Å². The monoisotopic (exact) mass is 378 g/mol. The van der Waals surface area contributed by atoms with E-state index in [-0.39, 0.29) is 24.1 Å². The number of carbonyl (C=O) groups excluding carboxylic acids is 2. The molecule has 2 N–H and O–H groups in total. The molecule has 0 aliphatic carbocycles. The first-order valence-corrected chi connectivity index (χ1v) is 8.38. The van der Waals surface area contributed by atoms with Crippen LogP contribution in [-0.2, 0) is 9.53 Å². The van der Waals surface area contributed by atoms with Crippen molar-refractivity contribution in [3.05, 3.63) is 53.9 Å². The van der Waals surface area contributed by atoms with Crippen LogP contribution in [0.1, 0.15) is 41.0 Å². The third kappa shape index (κ3) is 4.62. The molecule has 0 bridgehead atoms. The molecule has 0 spiro atoms. The number of nitrogens with zero attached hydrogens (tertiary/aromatic N) is 2. The van der Waals surface area contributed by atoms with Gasteiger partial charge in [0.25, 0.3) is 5.91 Å². The van der Waals surface area contributed by atoms with Gasteiger partial charge in [-0.05, 0) is 31.0 Å². The van der Waals surface area contributed by atoms with Crippen LogP contribution in [0.5, 0.6) is 0 Å². The van der Waals surface area contributed by atoms with Crippen molar-refractivity contribution in [3.63, 3.8) is 0 Å². The lowest BCUT2D eigenvalue weighted by Crippen LogP contribution is -2.35. The van der Waals surface area contributed by atoms with Gasteiger partial charge in [0.1, 0.15) is 5.69 Å². The zero-order valence-electron chi connectivity index (χ0n) is 14.6. The number of amides is 1. The second-order valence-electron chi connectivity index (χ2n) is 6.02. The molecule has 26 heavy (non-hydrogen) atoms. The summed E-state index contributed by atoms with van der Waals surface area (Å²) in [5.74, 6) is -0.919. The molecule has 1 saturated heterocycles. The van der Waals surface area contributed by atoms with Crippen LogP contribution in [0, 0.1) is 0 Å². The van der Waals surface area contributed by atoms with Crippen LogP contribution >= 0.6 is 12.4 Å². The standard InChI is InChI=1S/C18H22N4O3.ClH/c1-25-18(24)16(13-6-3-2-4-7-13)20-17(23)15-9-11-22(21-15)14-8-5-10-19-12-14;/h2-4,6-7,9,11,14,16,19H,5,8,10,12H2,1H3,(H,20,23);1H. The summed E-state index contributed by atoms with van der Waals surface area (Å²) < 4.78 is 6.63. The van der Waals surface area contributed by atoms with Gasteiger partial charge >= 0.3 is 5.97 Å². The second kappa shape index (κ2) is 9.35. The third-order valence-corrected chi connectivity index (χ3v) is 4.33. The van der Waals surface area contributed by atoms with Crippen molar-refractivity contribution in [2.45, 2.75) is 24.9 Å². The minimum atomic E-state index is -0.861. The molecule has 1 amide bonds. The summed E-state index contributed by atoms with van der Waals surface area (Å²) in [6.45, 7) is 1.86. The van der Waals surface area contributed by atoms with E-state index in [9.17, 15) is 9.59 Å². The van der Waals surface area contributed by atoms with Crippen LogP contribution in [0.4, 0.5) is 0 Å². The molecular weight excluding hydrogens is 356 g/mol. The van der Waals surface area contributed by atoms with Crippen LogP contribution in [0.25, 0.3) is 0 Å². The molecule has 3 rings (SSSR count). The minimum Gasteiger partial charge on any atom is -0.467 e. The molecule has 0 radical (unpaired) electrons. The fourth-order valence-electron chi connectivity index (χ4n) is 2.97. The Kier molecular flexibility index (Phi) is 7.17. The molecule has 2 aromatic rings. The van der Waals surface area contributed by atoms with Gasteiger partial charge in [0.15, 0.2) is 6.04 Å². The summed E-state index contributed by atoms with van der Waals surface area (Å²) >= 11 is 0. The van der Waals surface area contributed by atoms with Crippen molar-refractivity contribution < 1.29 is 14.3 Å². The highest BCUT2D eigenvalue weighted by Gasteiger charge is 2.25. The molecule has 2 unspecified atom stereocenters. The fourth-order valence-corrected chi connectivity index (χ4v) is 2.97. The van der Waals surface area contributed by atoms with E-state index in [0.717, 1.165) is 25.9 Å². The highest BCUT2D eigenvalue weighted by Crippen LogP contribution is 2.17. The lowest BCUT2D eigenvalue weighted by Gasteiger charge is -2.23. The third-order valence-electron chi connectivity index (χ3n) is 4.33. The van der Waals surface area contributed by atoms with Gasteiger partial charge in [-0.25, -0.2) is 4.79 Å². The summed E-state index contributed by atoms with van der Waals surface area (Å²) in [5, 5.41) is 10.4. The average molecular weight is 379 g/mol. The maximum absolute atomic E-state index is 12.5. The molecular formula is C18H23ClN4O3. The summed E-state index contributed by atoms with van der Waals surface area (Å²) in [6, 6.07) is 10.1. The Labute approximate surface area is 158 Å². The highest BCUT2D eigenvalue weighted by molar-refractivity contribution is 5.95. The van der Waals surface area contributed by atoms with Crippen LogP contribution < -0.4 is 10.6 Å². The van der Waals surface area contributed by atoms with E-state index in [1.807, 2.05) is 29.1 Å². The summed E-state index contributed by atoms with van der Waals surface area (Å²) in [4.78, 5) is 24.6. The molecule has 1 aliphatic rings. The second-order valence-corrected chi connectivity index (χ2v) is 6.02. The number of aromatic nitrogens is 2. The lowest BCUT2D eigenvalue weighted by molar-refractivity contribution is -0.143. The van der Waals surface area contributed by atoms with Crippen molar-refractivity contribution >= 4 is 24.3 Å². The number of nitrogens with one attached hydrogen (secondary N) is 2. The van der Waals surface area contributed by atoms with Gasteiger partial charge in [-0.1, -0.05) is 30.3 Å². The zero-order chi connectivity index (χ0) is 17.6. The number of rotatable bonds is 5. The summed E-state index contributed by atoms with van der Waals surface area (Å²) in [7, 11) is 1.30. The van der Waals surface area contributed by atoms with Crippen LogP contribution in [0.2, 0.25) is 0 Å². The first kappa shape index (κ1) is 19.9. The molecule has 1 fully saturated rings. The molecule has 2 atom stereocenters. The molecule has 1 aliphatic heterocycles. The van der Waals surface area contributed by atoms with Gasteiger partial charge in [-0.2, -0.15) is 5.10 Å². The predicted molar refractivity (Wildman–Crippen MR) is 99.3 cm³/mol. The maximum atomic E-state index is 12.5. The highest BCUT2D eigenvalue weighted by atomic mass is 35.5.